The Hall–Kier alpha value is -2.72. The van der Waals surface area contributed by atoms with Crippen molar-refractivity contribution >= 4 is 33.5 Å². The summed E-state index contributed by atoms with van der Waals surface area (Å²) in [6.45, 7) is 1.42. The van der Waals surface area contributed by atoms with Crippen molar-refractivity contribution in [2.75, 3.05) is 13.1 Å². The van der Waals surface area contributed by atoms with Gasteiger partial charge in [0.2, 0.25) is 0 Å². The summed E-state index contributed by atoms with van der Waals surface area (Å²) in [5.74, 6) is 0. The lowest BCUT2D eigenvalue weighted by Gasteiger charge is -2.32. The molecule has 0 aliphatic carbocycles. The molecule has 0 saturated carbocycles. The highest BCUT2D eigenvalue weighted by molar-refractivity contribution is 6.34. The van der Waals surface area contributed by atoms with Crippen molar-refractivity contribution in [2.45, 2.75) is 38.1 Å². The summed E-state index contributed by atoms with van der Waals surface area (Å²) in [5.41, 5.74) is 2.12. The molecule has 0 unspecified atom stereocenters. The Balaban J connectivity index is 1.43. The Kier molecular flexibility index (Phi) is 5.05. The molecule has 1 aliphatic rings. The van der Waals surface area contributed by atoms with Crippen LogP contribution in [0, 0.1) is 0 Å². The molecule has 4 heterocycles. The van der Waals surface area contributed by atoms with E-state index in [9.17, 15) is 13.2 Å². The highest BCUT2D eigenvalue weighted by Crippen LogP contribution is 2.34. The Morgan fingerprint density at radius 3 is 2.52 bits per heavy atom. The maximum atomic E-state index is 13.2. The van der Waals surface area contributed by atoms with E-state index in [0.29, 0.717) is 22.5 Å². The van der Waals surface area contributed by atoms with E-state index in [1.54, 1.807) is 18.7 Å². The van der Waals surface area contributed by atoms with Crippen LogP contribution in [0.4, 0.5) is 13.2 Å². The monoisotopic (exact) mass is 449 g/mol. The van der Waals surface area contributed by atoms with Gasteiger partial charge < -0.3 is 9.13 Å². The minimum absolute atomic E-state index is 0.0167. The topological polar surface area (TPSA) is 64.7 Å². The molecule has 0 amide bonds. The van der Waals surface area contributed by atoms with Gasteiger partial charge in [-0.25, -0.2) is 9.97 Å². The molecule has 31 heavy (non-hydrogen) atoms. The fraction of sp³-hybridized carbons (Fsp3) is 0.400. The molecule has 0 atom stereocenters. The van der Waals surface area contributed by atoms with Crippen molar-refractivity contribution in [2.24, 2.45) is 0 Å². The van der Waals surface area contributed by atoms with Crippen molar-refractivity contribution in [3.8, 4) is 0 Å². The highest BCUT2D eigenvalue weighted by atomic mass is 35.5. The third kappa shape index (κ3) is 3.97. The number of likely N-dealkylation sites (tertiary alicyclic amines) is 1. The molecule has 1 saturated heterocycles. The van der Waals surface area contributed by atoms with Crippen molar-refractivity contribution in [1.29, 1.82) is 0 Å². The lowest BCUT2D eigenvalue weighted by molar-refractivity contribution is -0.139. The van der Waals surface area contributed by atoms with Crippen LogP contribution < -0.4 is 0 Å². The van der Waals surface area contributed by atoms with Crippen LogP contribution in [0.15, 0.2) is 37.2 Å². The van der Waals surface area contributed by atoms with Crippen LogP contribution in [0.25, 0.3) is 21.9 Å². The van der Waals surface area contributed by atoms with Crippen LogP contribution >= 0.6 is 11.6 Å². The lowest BCUT2D eigenvalue weighted by Crippen LogP contribution is -2.33. The molecule has 5 rings (SSSR count). The number of hydrogen-bond donors (Lipinski definition) is 0. The summed E-state index contributed by atoms with van der Waals surface area (Å²) >= 11 is 6.16. The van der Waals surface area contributed by atoms with E-state index in [0.717, 1.165) is 42.6 Å². The van der Waals surface area contributed by atoms with E-state index >= 15 is 0 Å². The smallest absolute Gasteiger partial charge is 0.327 e. The van der Waals surface area contributed by atoms with Crippen molar-refractivity contribution in [1.82, 2.24) is 34.2 Å². The predicted molar refractivity (Wildman–Crippen MR) is 110 cm³/mol. The zero-order chi connectivity index (χ0) is 21.6. The fourth-order valence-corrected chi connectivity index (χ4v) is 4.63. The first kappa shape index (κ1) is 20.2. The summed E-state index contributed by atoms with van der Waals surface area (Å²) in [7, 11) is 0. The average Bonchev–Trinajstić information content (AvgIpc) is 3.36. The fourth-order valence-electron chi connectivity index (χ4n) is 4.40. The summed E-state index contributed by atoms with van der Waals surface area (Å²) in [4.78, 5) is 10.5. The largest absolute Gasteiger partial charge is 0.406 e. The predicted octanol–water partition coefficient (Wildman–Crippen LogP) is 4.23. The molecule has 11 heteroatoms. The van der Waals surface area contributed by atoms with E-state index in [1.807, 2.05) is 16.7 Å². The quantitative estimate of drug-likeness (QED) is 0.436. The molecule has 0 bridgehead atoms. The van der Waals surface area contributed by atoms with Gasteiger partial charge in [0, 0.05) is 31.1 Å². The van der Waals surface area contributed by atoms with E-state index in [-0.39, 0.29) is 10.7 Å². The summed E-state index contributed by atoms with van der Waals surface area (Å²) in [5, 5.41) is 8.42. The van der Waals surface area contributed by atoms with Crippen LogP contribution in [0.5, 0.6) is 0 Å². The number of fused-ring (bicyclic) bond motifs is 3. The number of piperidine rings is 1. The third-order valence-corrected chi connectivity index (χ3v) is 6.09. The number of halogens is 4. The third-order valence-electron chi connectivity index (χ3n) is 5.81. The molecule has 1 aliphatic heterocycles. The second-order valence-corrected chi connectivity index (χ2v) is 8.19. The van der Waals surface area contributed by atoms with Gasteiger partial charge in [-0.05, 0) is 30.5 Å². The van der Waals surface area contributed by atoms with Gasteiger partial charge in [0.15, 0.2) is 5.15 Å². The molecular weight excluding hydrogens is 431 g/mol. The molecule has 0 N–H and O–H groups in total. The Labute approximate surface area is 180 Å². The van der Waals surface area contributed by atoms with Crippen LogP contribution in [0.3, 0.4) is 0 Å². The second-order valence-electron chi connectivity index (χ2n) is 7.83. The zero-order valence-electron chi connectivity index (χ0n) is 16.4. The number of rotatable bonds is 4. The van der Waals surface area contributed by atoms with Crippen LogP contribution in [0.2, 0.25) is 5.15 Å². The number of nitrogens with zero attached hydrogens (tertiary/aromatic N) is 7. The minimum Gasteiger partial charge on any atom is -0.327 e. The molecule has 1 fully saturated rings. The van der Waals surface area contributed by atoms with E-state index in [4.69, 9.17) is 11.6 Å². The Morgan fingerprint density at radius 2 is 1.81 bits per heavy atom. The normalized spacial score (nSPS) is 16.5. The first-order chi connectivity index (χ1) is 14.9. The Morgan fingerprint density at radius 1 is 1.06 bits per heavy atom. The van der Waals surface area contributed by atoms with Gasteiger partial charge >= 0.3 is 6.18 Å². The Bertz CT molecular complexity index is 1210. The lowest BCUT2D eigenvalue weighted by atomic mass is 10.0. The summed E-state index contributed by atoms with van der Waals surface area (Å²) < 4.78 is 42.8. The highest BCUT2D eigenvalue weighted by Gasteiger charge is 2.31. The van der Waals surface area contributed by atoms with Gasteiger partial charge in [-0.2, -0.15) is 13.2 Å². The van der Waals surface area contributed by atoms with Gasteiger partial charge in [-0.3, -0.25) is 4.90 Å². The minimum atomic E-state index is -4.38. The molecule has 3 aromatic heterocycles. The van der Waals surface area contributed by atoms with Gasteiger partial charge in [0.05, 0.1) is 5.52 Å². The standard InChI is InChI=1S/C20H19ClF3N7/c21-19-18-17(25-10-26-19)15-7-13(1-2-16(15)31(18)9-20(22,23)24)8-29-5-3-14(4-6-29)30-11-27-28-12-30/h1-2,7,10-12,14H,3-6,8-9H2. The SMILES string of the molecule is FC(F)(F)Cn1c2ccc(CN3CCC(n4cnnc4)CC3)cc2c2ncnc(Cl)c21. The molecule has 4 aromatic rings. The number of alkyl halides is 3. The van der Waals surface area contributed by atoms with E-state index in [1.165, 1.54) is 6.33 Å². The van der Waals surface area contributed by atoms with E-state index in [2.05, 4.69) is 25.1 Å². The first-order valence-corrected chi connectivity index (χ1v) is 10.3. The second kappa shape index (κ2) is 7.76. The maximum Gasteiger partial charge on any atom is 0.406 e. The summed E-state index contributed by atoms with van der Waals surface area (Å²) in [6.07, 6.45) is 2.38. The molecule has 1 aromatic carbocycles. The maximum absolute atomic E-state index is 13.2. The number of benzene rings is 1. The van der Waals surface area contributed by atoms with Crippen LogP contribution in [-0.2, 0) is 13.1 Å². The van der Waals surface area contributed by atoms with Gasteiger partial charge in [-0.1, -0.05) is 17.7 Å². The van der Waals surface area contributed by atoms with Crippen LogP contribution in [0.1, 0.15) is 24.4 Å². The van der Waals surface area contributed by atoms with Crippen molar-refractivity contribution < 1.29 is 13.2 Å². The summed E-state index contributed by atoms with van der Waals surface area (Å²) in [6, 6.07) is 5.91. The van der Waals surface area contributed by atoms with Gasteiger partial charge in [0.25, 0.3) is 0 Å². The number of aromatic nitrogens is 6. The van der Waals surface area contributed by atoms with Crippen molar-refractivity contribution in [3.63, 3.8) is 0 Å². The van der Waals surface area contributed by atoms with Gasteiger partial charge in [0.1, 0.15) is 36.6 Å². The zero-order valence-corrected chi connectivity index (χ0v) is 17.2. The van der Waals surface area contributed by atoms with Crippen molar-refractivity contribution in [3.05, 3.63) is 47.9 Å². The van der Waals surface area contributed by atoms with Gasteiger partial charge in [-0.15, -0.1) is 10.2 Å². The molecule has 0 spiro atoms. The molecule has 0 radical (unpaired) electrons. The van der Waals surface area contributed by atoms with E-state index < -0.39 is 12.7 Å². The molecule has 162 valence electrons. The number of hydrogen-bond acceptors (Lipinski definition) is 5. The average molecular weight is 450 g/mol. The first-order valence-electron chi connectivity index (χ1n) is 9.93. The van der Waals surface area contributed by atoms with Crippen LogP contribution in [-0.4, -0.2) is 53.5 Å². The molecule has 7 nitrogen and oxygen atoms in total. The molecular formula is C20H19ClF3N7.